The summed E-state index contributed by atoms with van der Waals surface area (Å²) in [6.07, 6.45) is 1.38. The fourth-order valence-corrected chi connectivity index (χ4v) is 2.94. The number of hydrogen-bond acceptors (Lipinski definition) is 4. The summed E-state index contributed by atoms with van der Waals surface area (Å²) in [5.74, 6) is -0.317. The van der Waals surface area contributed by atoms with Crippen molar-refractivity contribution in [3.8, 4) is 0 Å². The third-order valence-electron chi connectivity index (χ3n) is 2.63. The Morgan fingerprint density at radius 1 is 1.53 bits per heavy atom. The molecule has 0 aromatic carbocycles. The molecule has 6 nitrogen and oxygen atoms in total. The lowest BCUT2D eigenvalue weighted by atomic mass is 10.3. The fraction of sp³-hybridized carbons (Fsp3) is 0.700. The topological polar surface area (TPSA) is 86.3 Å². The summed E-state index contributed by atoms with van der Waals surface area (Å²) in [6, 6.07) is 0. The molecule has 1 N–H and O–H groups in total. The summed E-state index contributed by atoms with van der Waals surface area (Å²) in [4.78, 5) is 10.9. The van der Waals surface area contributed by atoms with Gasteiger partial charge in [-0.2, -0.15) is 0 Å². The van der Waals surface area contributed by atoms with Crippen LogP contribution >= 0.6 is 0 Å². The number of carbonyl (C=O) groups excluding carboxylic acids is 1. The minimum atomic E-state index is -4.34. The van der Waals surface area contributed by atoms with Gasteiger partial charge in [-0.3, -0.25) is 4.79 Å². The fourth-order valence-electron chi connectivity index (χ4n) is 1.73. The van der Waals surface area contributed by atoms with Crippen molar-refractivity contribution in [1.29, 1.82) is 0 Å². The molecule has 0 saturated carbocycles. The molecule has 100 valence electrons. The van der Waals surface area contributed by atoms with Crippen molar-refractivity contribution >= 4 is 16.0 Å². The van der Waals surface area contributed by atoms with E-state index in [0.717, 1.165) is 6.08 Å². The van der Waals surface area contributed by atoms with Gasteiger partial charge in [-0.1, -0.05) is 13.5 Å². The second-order valence-electron chi connectivity index (χ2n) is 4.35. The van der Waals surface area contributed by atoms with Gasteiger partial charge >= 0.3 is 0 Å². The molecule has 0 rings (SSSR count). The lowest BCUT2D eigenvalue weighted by molar-refractivity contribution is -0.900. The zero-order valence-electron chi connectivity index (χ0n) is 10.5. The minimum Gasteiger partial charge on any atom is -0.743 e. The van der Waals surface area contributed by atoms with Crippen LogP contribution in [0.1, 0.15) is 13.3 Å². The molecule has 17 heavy (non-hydrogen) atoms. The van der Waals surface area contributed by atoms with Gasteiger partial charge in [0, 0.05) is 6.42 Å². The van der Waals surface area contributed by atoms with Gasteiger partial charge in [-0.25, -0.2) is 8.42 Å². The summed E-state index contributed by atoms with van der Waals surface area (Å²) >= 11 is 0. The molecule has 0 aliphatic rings. The average molecular weight is 264 g/mol. The molecule has 0 radical (unpaired) electrons. The first-order chi connectivity index (χ1) is 7.65. The minimum absolute atomic E-state index is 0.0275. The van der Waals surface area contributed by atoms with Crippen LogP contribution in [0.3, 0.4) is 0 Å². The Hall–Kier alpha value is -0.920. The van der Waals surface area contributed by atoms with Crippen molar-refractivity contribution in [2.75, 3.05) is 27.2 Å². The van der Waals surface area contributed by atoms with Gasteiger partial charge in [0.15, 0.2) is 5.37 Å². The summed E-state index contributed by atoms with van der Waals surface area (Å²) in [5.41, 5.74) is 0. The van der Waals surface area contributed by atoms with Gasteiger partial charge < -0.3 is 14.4 Å². The van der Waals surface area contributed by atoms with Crippen LogP contribution in [0.5, 0.6) is 0 Å². The number of hydrogen-bond donors (Lipinski definition) is 1. The van der Waals surface area contributed by atoms with E-state index in [1.54, 1.807) is 21.0 Å². The van der Waals surface area contributed by atoms with Crippen molar-refractivity contribution in [2.45, 2.75) is 18.7 Å². The standard InChI is InChI=1S/C10H20N2O4S/c1-5-9(13)11-7-8-12(3,4)10(6-2)17(14,15)16/h5,10H,1,6-8H2,2-4H3,(H-,11,13,14,15,16). The maximum absolute atomic E-state index is 11.1. The van der Waals surface area contributed by atoms with E-state index in [2.05, 4.69) is 11.9 Å². The van der Waals surface area contributed by atoms with E-state index in [0.29, 0.717) is 13.1 Å². The van der Waals surface area contributed by atoms with Crippen molar-refractivity contribution in [3.63, 3.8) is 0 Å². The zero-order valence-corrected chi connectivity index (χ0v) is 11.3. The van der Waals surface area contributed by atoms with Gasteiger partial charge in [-0.15, -0.1) is 0 Å². The first kappa shape index (κ1) is 16.1. The number of quaternary nitrogens is 1. The predicted octanol–water partition coefficient (Wildman–Crippen LogP) is -0.354. The van der Waals surface area contributed by atoms with E-state index in [1.807, 2.05) is 0 Å². The van der Waals surface area contributed by atoms with E-state index in [1.165, 1.54) is 0 Å². The average Bonchev–Trinajstić information content (AvgIpc) is 2.15. The smallest absolute Gasteiger partial charge is 0.243 e. The quantitative estimate of drug-likeness (QED) is 0.387. The summed E-state index contributed by atoms with van der Waals surface area (Å²) in [6.45, 7) is 5.61. The lowest BCUT2D eigenvalue weighted by Gasteiger charge is -2.38. The summed E-state index contributed by atoms with van der Waals surface area (Å²) in [5, 5.41) is 1.55. The van der Waals surface area contributed by atoms with Gasteiger partial charge in [0.25, 0.3) is 0 Å². The van der Waals surface area contributed by atoms with E-state index >= 15 is 0 Å². The Kier molecular flexibility index (Phi) is 5.80. The Balaban J connectivity index is 4.55. The highest BCUT2D eigenvalue weighted by Gasteiger charge is 2.31. The molecule has 7 heteroatoms. The first-order valence-corrected chi connectivity index (χ1v) is 6.80. The molecular weight excluding hydrogens is 244 g/mol. The molecule has 0 aromatic heterocycles. The van der Waals surface area contributed by atoms with Crippen molar-refractivity contribution in [1.82, 2.24) is 5.32 Å². The number of likely N-dealkylation sites (N-methyl/N-ethyl adjacent to an activating group) is 1. The van der Waals surface area contributed by atoms with Crippen LogP contribution < -0.4 is 5.32 Å². The molecule has 1 unspecified atom stereocenters. The van der Waals surface area contributed by atoms with Gasteiger partial charge in [-0.05, 0) is 6.08 Å². The first-order valence-electron chi connectivity index (χ1n) is 5.32. The normalized spacial score (nSPS) is 14.1. The number of rotatable bonds is 7. The highest BCUT2D eigenvalue weighted by atomic mass is 32.2. The summed E-state index contributed by atoms with van der Waals surface area (Å²) < 4.78 is 33.3. The Bertz CT molecular complexity index is 376. The largest absolute Gasteiger partial charge is 0.743 e. The van der Waals surface area contributed by atoms with Gasteiger partial charge in [0.1, 0.15) is 10.1 Å². The van der Waals surface area contributed by atoms with Crippen molar-refractivity contribution in [3.05, 3.63) is 12.7 Å². The van der Waals surface area contributed by atoms with E-state index < -0.39 is 15.5 Å². The number of amides is 1. The van der Waals surface area contributed by atoms with Crippen LogP contribution in [0.25, 0.3) is 0 Å². The van der Waals surface area contributed by atoms with Crippen molar-refractivity contribution < 1.29 is 22.2 Å². The maximum Gasteiger partial charge on any atom is 0.243 e. The molecule has 0 spiro atoms. The zero-order chi connectivity index (χ0) is 13.7. The van der Waals surface area contributed by atoms with Crippen LogP contribution in [0.15, 0.2) is 12.7 Å². The van der Waals surface area contributed by atoms with E-state index in [9.17, 15) is 17.8 Å². The Labute approximate surface area is 103 Å². The number of nitrogens with one attached hydrogen (secondary N) is 1. The number of carbonyl (C=O) groups is 1. The maximum atomic E-state index is 11.1. The second-order valence-corrected chi connectivity index (χ2v) is 5.88. The Morgan fingerprint density at radius 2 is 2.06 bits per heavy atom. The van der Waals surface area contributed by atoms with Crippen LogP contribution in [-0.4, -0.2) is 55.9 Å². The van der Waals surface area contributed by atoms with Gasteiger partial charge in [0.05, 0.1) is 27.2 Å². The third kappa shape index (κ3) is 5.29. The molecule has 0 heterocycles. The molecule has 0 saturated heterocycles. The Morgan fingerprint density at radius 3 is 2.41 bits per heavy atom. The molecule has 0 aliphatic heterocycles. The summed E-state index contributed by atoms with van der Waals surface area (Å²) in [7, 11) is -1.03. The van der Waals surface area contributed by atoms with Gasteiger partial charge in [0.2, 0.25) is 5.91 Å². The third-order valence-corrected chi connectivity index (χ3v) is 4.21. The molecule has 0 bridgehead atoms. The van der Waals surface area contributed by atoms with E-state index in [-0.39, 0.29) is 16.8 Å². The van der Waals surface area contributed by atoms with E-state index in [4.69, 9.17) is 0 Å². The second kappa shape index (κ2) is 6.13. The highest BCUT2D eigenvalue weighted by Crippen LogP contribution is 2.15. The molecule has 1 amide bonds. The van der Waals surface area contributed by atoms with Crippen LogP contribution in [-0.2, 0) is 14.9 Å². The highest BCUT2D eigenvalue weighted by molar-refractivity contribution is 7.86. The molecule has 0 aromatic rings. The number of nitrogens with zero attached hydrogens (tertiary/aromatic N) is 1. The molecule has 0 aliphatic carbocycles. The monoisotopic (exact) mass is 264 g/mol. The van der Waals surface area contributed by atoms with Crippen LogP contribution in [0, 0.1) is 0 Å². The molecule has 0 fully saturated rings. The molecular formula is C10H20N2O4S. The van der Waals surface area contributed by atoms with Crippen LogP contribution in [0.4, 0.5) is 0 Å². The van der Waals surface area contributed by atoms with Crippen molar-refractivity contribution in [2.24, 2.45) is 0 Å². The van der Waals surface area contributed by atoms with Crippen LogP contribution in [0.2, 0.25) is 0 Å². The lowest BCUT2D eigenvalue weighted by Crippen LogP contribution is -2.55. The molecule has 1 atom stereocenters. The SMILES string of the molecule is C=CC(=O)NCC[N+](C)(C)C(CC)S(=O)(=O)[O-]. The predicted molar refractivity (Wildman–Crippen MR) is 64.0 cm³/mol.